The Morgan fingerprint density at radius 1 is 1.16 bits per heavy atom. The number of carboxylic acid groups (broad SMARTS) is 1. The molecule has 0 unspecified atom stereocenters. The number of benzene rings is 2. The summed E-state index contributed by atoms with van der Waals surface area (Å²) in [6.45, 7) is 2.69. The molecule has 1 aliphatic heterocycles. The van der Waals surface area contributed by atoms with Crippen molar-refractivity contribution in [2.45, 2.75) is 37.5 Å². The highest BCUT2D eigenvalue weighted by molar-refractivity contribution is 7.86. The molecule has 0 atom stereocenters. The van der Waals surface area contributed by atoms with E-state index in [1.807, 2.05) is 13.0 Å². The fourth-order valence-electron chi connectivity index (χ4n) is 3.44. The molecule has 0 aliphatic carbocycles. The molecule has 0 saturated heterocycles. The third-order valence-corrected chi connectivity index (χ3v) is 5.50. The molecule has 1 aliphatic rings. The van der Waals surface area contributed by atoms with E-state index in [0.717, 1.165) is 41.7 Å². The van der Waals surface area contributed by atoms with Crippen LogP contribution in [0.4, 0.5) is 5.69 Å². The lowest BCUT2D eigenvalue weighted by atomic mass is 10.0. The van der Waals surface area contributed by atoms with E-state index in [1.165, 1.54) is 6.07 Å². The molecule has 0 bridgehead atoms. The second-order valence-corrected chi connectivity index (χ2v) is 7.55. The summed E-state index contributed by atoms with van der Waals surface area (Å²) >= 11 is 0. The third kappa shape index (κ3) is 3.29. The summed E-state index contributed by atoms with van der Waals surface area (Å²) in [5, 5.41) is 9.94. The van der Waals surface area contributed by atoms with Crippen molar-refractivity contribution in [2.75, 3.05) is 6.54 Å². The highest BCUT2D eigenvalue weighted by Crippen LogP contribution is 2.38. The molecule has 1 heterocycles. The Morgan fingerprint density at radius 3 is 2.60 bits per heavy atom. The van der Waals surface area contributed by atoms with Gasteiger partial charge in [0, 0.05) is 31.2 Å². The van der Waals surface area contributed by atoms with Gasteiger partial charge in [-0.2, -0.15) is 4.58 Å². The molecule has 3 rings (SSSR count). The Morgan fingerprint density at radius 2 is 1.92 bits per heavy atom. The molecular weight excluding hydrogens is 342 g/mol. The van der Waals surface area contributed by atoms with Gasteiger partial charge < -0.3 is 9.66 Å². The van der Waals surface area contributed by atoms with Crippen LogP contribution in [-0.2, 0) is 14.9 Å². The molecule has 132 valence electrons. The molecule has 0 spiro atoms. The van der Waals surface area contributed by atoms with Crippen molar-refractivity contribution in [2.24, 2.45) is 0 Å². The van der Waals surface area contributed by atoms with Crippen LogP contribution in [0.5, 0.6) is 0 Å². The number of hydrogen-bond acceptors (Lipinski definition) is 4. The minimum Gasteiger partial charge on any atom is -0.744 e. The van der Waals surface area contributed by atoms with Crippen LogP contribution in [0.1, 0.15) is 38.2 Å². The molecule has 2 aromatic rings. The fraction of sp³-hybridized carbons (Fsp3) is 0.333. The molecule has 0 radical (unpaired) electrons. The lowest BCUT2D eigenvalue weighted by Gasteiger charge is -2.10. The Bertz CT molecular complexity index is 992. The van der Waals surface area contributed by atoms with Gasteiger partial charge in [0.05, 0.1) is 15.8 Å². The molecule has 0 fully saturated rings. The van der Waals surface area contributed by atoms with E-state index in [2.05, 4.69) is 4.58 Å². The van der Waals surface area contributed by atoms with Crippen molar-refractivity contribution in [1.29, 1.82) is 0 Å². The van der Waals surface area contributed by atoms with Crippen LogP contribution in [0.25, 0.3) is 10.8 Å². The molecule has 1 N–H and O–H groups in total. The SMILES string of the molecule is CC1=[N+](CCCCCC(=O)O)c2ccc(S(=O)(=O)[O-])c3cccc1c23. The van der Waals surface area contributed by atoms with Gasteiger partial charge in [0.1, 0.15) is 16.7 Å². The van der Waals surface area contributed by atoms with Crippen LogP contribution in [0.3, 0.4) is 0 Å². The van der Waals surface area contributed by atoms with E-state index in [0.29, 0.717) is 11.8 Å². The number of rotatable bonds is 7. The normalized spacial score (nSPS) is 13.7. The summed E-state index contributed by atoms with van der Waals surface area (Å²) < 4.78 is 36.7. The fourth-order valence-corrected chi connectivity index (χ4v) is 4.12. The lowest BCUT2D eigenvalue weighted by molar-refractivity contribution is -0.437. The quantitative estimate of drug-likeness (QED) is 0.464. The number of hydrogen-bond donors (Lipinski definition) is 1. The van der Waals surface area contributed by atoms with Gasteiger partial charge in [-0.15, -0.1) is 0 Å². The average Bonchev–Trinajstić information content (AvgIpc) is 2.81. The lowest BCUT2D eigenvalue weighted by Crippen LogP contribution is -2.12. The zero-order valence-electron chi connectivity index (χ0n) is 13.9. The minimum atomic E-state index is -4.54. The second-order valence-electron chi connectivity index (χ2n) is 6.21. The van der Waals surface area contributed by atoms with Gasteiger partial charge in [-0.1, -0.05) is 12.1 Å². The predicted molar refractivity (Wildman–Crippen MR) is 92.6 cm³/mol. The smallest absolute Gasteiger partial charge is 0.303 e. The Hall–Kier alpha value is -2.25. The van der Waals surface area contributed by atoms with Crippen LogP contribution >= 0.6 is 0 Å². The largest absolute Gasteiger partial charge is 0.744 e. The number of carbonyl (C=O) groups is 1. The van der Waals surface area contributed by atoms with Crippen molar-refractivity contribution in [3.63, 3.8) is 0 Å². The first-order valence-electron chi connectivity index (χ1n) is 8.15. The molecule has 0 aromatic heterocycles. The summed E-state index contributed by atoms with van der Waals surface area (Å²) in [6.07, 6.45) is 2.45. The van der Waals surface area contributed by atoms with E-state index in [9.17, 15) is 17.8 Å². The van der Waals surface area contributed by atoms with Gasteiger partial charge in [0.15, 0.2) is 5.71 Å². The first-order valence-corrected chi connectivity index (χ1v) is 9.56. The minimum absolute atomic E-state index is 0.170. The van der Waals surface area contributed by atoms with Crippen molar-refractivity contribution >= 4 is 38.3 Å². The van der Waals surface area contributed by atoms with Gasteiger partial charge in [0.25, 0.3) is 0 Å². The zero-order chi connectivity index (χ0) is 18.2. The summed E-state index contributed by atoms with van der Waals surface area (Å²) in [5.41, 5.74) is 2.84. The molecule has 0 saturated carbocycles. The highest BCUT2D eigenvalue weighted by Gasteiger charge is 2.30. The first-order chi connectivity index (χ1) is 11.8. The van der Waals surface area contributed by atoms with E-state index >= 15 is 0 Å². The number of nitrogens with zero attached hydrogens (tertiary/aromatic N) is 1. The van der Waals surface area contributed by atoms with E-state index in [1.54, 1.807) is 18.2 Å². The van der Waals surface area contributed by atoms with E-state index < -0.39 is 16.1 Å². The predicted octanol–water partition coefficient (Wildman–Crippen LogP) is 2.86. The maximum atomic E-state index is 11.5. The zero-order valence-corrected chi connectivity index (χ0v) is 14.7. The molecule has 2 aromatic carbocycles. The topological polar surface area (TPSA) is 97.5 Å². The van der Waals surface area contributed by atoms with E-state index in [-0.39, 0.29) is 11.3 Å². The summed E-state index contributed by atoms with van der Waals surface area (Å²) in [7, 11) is -4.54. The molecule has 25 heavy (non-hydrogen) atoms. The third-order valence-electron chi connectivity index (χ3n) is 4.61. The Balaban J connectivity index is 1.93. The average molecular weight is 361 g/mol. The van der Waals surface area contributed by atoms with Crippen molar-refractivity contribution in [3.8, 4) is 0 Å². The van der Waals surface area contributed by atoms with Crippen LogP contribution in [-0.4, -0.2) is 40.9 Å². The molecule has 6 nitrogen and oxygen atoms in total. The van der Waals surface area contributed by atoms with E-state index in [4.69, 9.17) is 5.11 Å². The first kappa shape index (κ1) is 17.6. The Labute approximate surface area is 146 Å². The highest BCUT2D eigenvalue weighted by atomic mass is 32.2. The molecule has 0 amide bonds. The maximum absolute atomic E-state index is 11.5. The Kier molecular flexibility index (Phi) is 4.62. The van der Waals surface area contributed by atoms with Crippen LogP contribution in [0.15, 0.2) is 35.2 Å². The number of carboxylic acids is 1. The van der Waals surface area contributed by atoms with Gasteiger partial charge in [-0.3, -0.25) is 4.79 Å². The second kappa shape index (κ2) is 6.57. The summed E-state index contributed by atoms with van der Waals surface area (Å²) in [5.74, 6) is -0.785. The van der Waals surface area contributed by atoms with Gasteiger partial charge >= 0.3 is 5.97 Å². The van der Waals surface area contributed by atoms with Crippen LogP contribution in [0, 0.1) is 0 Å². The maximum Gasteiger partial charge on any atom is 0.303 e. The standard InChI is InChI=1S/C18H19NO5S/c1-12-13-6-5-7-14-16(25(22,23)24)10-9-15(18(13)14)19(12)11-4-2-3-8-17(20)21/h5-7,9-10H,2-4,8,11H2,1H3,(H-,20,21,22,23,24). The summed E-state index contributed by atoms with van der Waals surface area (Å²) in [4.78, 5) is 10.4. The van der Waals surface area contributed by atoms with Gasteiger partial charge in [-0.05, 0) is 25.0 Å². The van der Waals surface area contributed by atoms with Crippen molar-refractivity contribution in [1.82, 2.24) is 0 Å². The van der Waals surface area contributed by atoms with Crippen molar-refractivity contribution in [3.05, 3.63) is 35.9 Å². The summed E-state index contributed by atoms with van der Waals surface area (Å²) in [6, 6.07) is 8.41. The van der Waals surface area contributed by atoms with Crippen molar-refractivity contribution < 1.29 is 27.4 Å². The number of unbranched alkanes of at least 4 members (excludes halogenated alkanes) is 2. The monoisotopic (exact) mass is 361 g/mol. The van der Waals surface area contributed by atoms with Gasteiger partial charge in [-0.25, -0.2) is 8.42 Å². The molecular formula is C18H19NO5S. The van der Waals surface area contributed by atoms with Crippen LogP contribution < -0.4 is 0 Å². The molecule has 7 heteroatoms. The van der Waals surface area contributed by atoms with Gasteiger partial charge in [0.2, 0.25) is 5.69 Å². The van der Waals surface area contributed by atoms with Crippen LogP contribution in [0.2, 0.25) is 0 Å². The number of aliphatic carboxylic acids is 1.